The lowest BCUT2D eigenvalue weighted by Gasteiger charge is -2.35. The second kappa shape index (κ2) is 6.94. The lowest BCUT2D eigenvalue weighted by molar-refractivity contribution is 0.155. The molecule has 2 heterocycles. The highest BCUT2D eigenvalue weighted by atomic mass is 16.5. The van der Waals surface area contributed by atoms with Crippen LogP contribution in [0.2, 0.25) is 0 Å². The first-order chi connectivity index (χ1) is 10.8. The number of methoxy groups -OCH3 is 1. The summed E-state index contributed by atoms with van der Waals surface area (Å²) < 4.78 is 7.34. The second-order valence-corrected chi connectivity index (χ2v) is 5.75. The molecule has 22 heavy (non-hydrogen) atoms. The molecule has 5 heteroatoms. The topological polar surface area (TPSA) is 42.3 Å². The summed E-state index contributed by atoms with van der Waals surface area (Å²) in [5.74, 6) is 2.05. The summed E-state index contributed by atoms with van der Waals surface area (Å²) in [6.07, 6.45) is 4.95. The quantitative estimate of drug-likeness (QED) is 0.911. The van der Waals surface area contributed by atoms with Gasteiger partial charge in [-0.3, -0.25) is 4.90 Å². The van der Waals surface area contributed by atoms with Gasteiger partial charge in [-0.25, -0.2) is 4.98 Å². The maximum Gasteiger partial charge on any atom is 0.127 e. The number of hydrogen-bond donors (Lipinski definition) is 1. The average molecular weight is 300 g/mol. The average Bonchev–Trinajstić information content (AvgIpc) is 2.99. The number of imidazole rings is 1. The number of hydrogen-bond acceptors (Lipinski definition) is 4. The molecular weight excluding hydrogens is 276 g/mol. The van der Waals surface area contributed by atoms with Crippen molar-refractivity contribution in [1.82, 2.24) is 19.8 Å². The van der Waals surface area contributed by atoms with Gasteiger partial charge in [0.2, 0.25) is 0 Å². The molecule has 0 bridgehead atoms. The zero-order valence-corrected chi connectivity index (χ0v) is 13.3. The van der Waals surface area contributed by atoms with Gasteiger partial charge in [0, 0.05) is 45.6 Å². The first-order valence-electron chi connectivity index (χ1n) is 7.83. The van der Waals surface area contributed by atoms with Crippen LogP contribution in [0.5, 0.6) is 5.75 Å². The van der Waals surface area contributed by atoms with Crippen LogP contribution in [-0.4, -0.2) is 47.7 Å². The highest BCUT2D eigenvalue weighted by Gasteiger charge is 2.26. The van der Waals surface area contributed by atoms with Crippen molar-refractivity contribution >= 4 is 0 Å². The lowest BCUT2D eigenvalue weighted by Crippen LogP contribution is -2.47. The maximum atomic E-state index is 5.21. The number of ether oxygens (including phenoxy) is 1. The van der Waals surface area contributed by atoms with E-state index in [1.54, 1.807) is 7.11 Å². The summed E-state index contributed by atoms with van der Waals surface area (Å²) in [6, 6.07) is 8.72. The molecule has 1 aliphatic rings. The summed E-state index contributed by atoms with van der Waals surface area (Å²) in [5.41, 5.74) is 1.35. The van der Waals surface area contributed by atoms with Crippen molar-refractivity contribution in [2.45, 2.75) is 12.5 Å². The van der Waals surface area contributed by atoms with Crippen molar-refractivity contribution in [3.63, 3.8) is 0 Å². The van der Waals surface area contributed by atoms with Gasteiger partial charge < -0.3 is 14.6 Å². The van der Waals surface area contributed by atoms with Gasteiger partial charge in [0.25, 0.3) is 0 Å². The predicted octanol–water partition coefficient (Wildman–Crippen LogP) is 1.62. The highest BCUT2D eigenvalue weighted by Crippen LogP contribution is 2.21. The van der Waals surface area contributed by atoms with Gasteiger partial charge >= 0.3 is 0 Å². The molecule has 1 unspecified atom stereocenters. The fourth-order valence-electron chi connectivity index (χ4n) is 3.03. The van der Waals surface area contributed by atoms with Crippen LogP contribution in [0.4, 0.5) is 0 Å². The van der Waals surface area contributed by atoms with E-state index in [0.29, 0.717) is 6.04 Å². The van der Waals surface area contributed by atoms with Crippen LogP contribution in [0.25, 0.3) is 0 Å². The first kappa shape index (κ1) is 15.1. The zero-order valence-electron chi connectivity index (χ0n) is 13.3. The Bertz CT molecular complexity index is 593. The molecule has 1 saturated heterocycles. The highest BCUT2D eigenvalue weighted by molar-refractivity contribution is 5.27. The number of rotatable bonds is 5. The van der Waals surface area contributed by atoms with Crippen LogP contribution in [-0.2, 0) is 13.5 Å². The zero-order chi connectivity index (χ0) is 15.4. The molecule has 2 aromatic rings. The molecular formula is C17H24N4O. The van der Waals surface area contributed by atoms with Crippen LogP contribution in [0.3, 0.4) is 0 Å². The van der Waals surface area contributed by atoms with E-state index in [1.165, 1.54) is 5.56 Å². The molecule has 0 radical (unpaired) electrons. The Morgan fingerprint density at radius 2 is 2.14 bits per heavy atom. The fourth-order valence-corrected chi connectivity index (χ4v) is 3.03. The van der Waals surface area contributed by atoms with E-state index in [9.17, 15) is 0 Å². The van der Waals surface area contributed by atoms with Crippen LogP contribution >= 0.6 is 0 Å². The number of piperazine rings is 1. The van der Waals surface area contributed by atoms with Crippen LogP contribution < -0.4 is 10.1 Å². The Morgan fingerprint density at radius 3 is 2.82 bits per heavy atom. The van der Waals surface area contributed by atoms with Gasteiger partial charge in [-0.1, -0.05) is 12.1 Å². The third kappa shape index (κ3) is 3.31. The van der Waals surface area contributed by atoms with Crippen molar-refractivity contribution in [2.24, 2.45) is 7.05 Å². The van der Waals surface area contributed by atoms with Gasteiger partial charge in [0.1, 0.15) is 11.6 Å². The molecule has 1 aromatic carbocycles. The van der Waals surface area contributed by atoms with Crippen molar-refractivity contribution in [2.75, 3.05) is 33.3 Å². The lowest BCUT2D eigenvalue weighted by atomic mass is 10.1. The Morgan fingerprint density at radius 1 is 1.32 bits per heavy atom. The monoisotopic (exact) mass is 300 g/mol. The first-order valence-corrected chi connectivity index (χ1v) is 7.83. The minimum absolute atomic E-state index is 0.354. The molecule has 0 saturated carbocycles. The summed E-state index contributed by atoms with van der Waals surface area (Å²) in [5, 5.41) is 3.48. The van der Waals surface area contributed by atoms with Gasteiger partial charge in [0.15, 0.2) is 0 Å². The smallest absolute Gasteiger partial charge is 0.127 e. The summed E-state index contributed by atoms with van der Waals surface area (Å²) >= 11 is 0. The standard InChI is InChI=1S/C17H24N4O/c1-20-11-9-19-17(20)16-13-18-8-12-21(16)10-7-14-3-5-15(22-2)6-4-14/h3-6,9,11,16,18H,7-8,10,12-13H2,1-2H3. The third-order valence-corrected chi connectivity index (χ3v) is 4.36. The fraction of sp³-hybridized carbons (Fsp3) is 0.471. The Kier molecular flexibility index (Phi) is 4.75. The van der Waals surface area contributed by atoms with Crippen molar-refractivity contribution < 1.29 is 4.74 Å². The number of nitrogens with zero attached hydrogens (tertiary/aromatic N) is 3. The largest absolute Gasteiger partial charge is 0.497 e. The molecule has 0 aliphatic carbocycles. The minimum Gasteiger partial charge on any atom is -0.497 e. The van der Waals surface area contributed by atoms with E-state index in [1.807, 2.05) is 24.5 Å². The summed E-state index contributed by atoms with van der Waals surface area (Å²) in [7, 11) is 3.77. The molecule has 1 atom stereocenters. The van der Waals surface area contributed by atoms with Crippen molar-refractivity contribution in [3.05, 3.63) is 48.0 Å². The van der Waals surface area contributed by atoms with Gasteiger partial charge in [0.05, 0.1) is 13.2 Å². The van der Waals surface area contributed by atoms with E-state index in [4.69, 9.17) is 4.74 Å². The predicted molar refractivity (Wildman–Crippen MR) is 87.1 cm³/mol. The molecule has 118 valence electrons. The molecule has 5 nitrogen and oxygen atoms in total. The number of aryl methyl sites for hydroxylation is 1. The van der Waals surface area contributed by atoms with Gasteiger partial charge in [-0.2, -0.15) is 0 Å². The van der Waals surface area contributed by atoms with Crippen molar-refractivity contribution in [1.29, 1.82) is 0 Å². The molecule has 1 aliphatic heterocycles. The van der Waals surface area contributed by atoms with Crippen LogP contribution in [0.15, 0.2) is 36.7 Å². The minimum atomic E-state index is 0.354. The molecule has 0 spiro atoms. The normalized spacial score (nSPS) is 19.3. The van der Waals surface area contributed by atoms with E-state index in [0.717, 1.165) is 44.2 Å². The van der Waals surface area contributed by atoms with Crippen molar-refractivity contribution in [3.8, 4) is 5.75 Å². The van der Waals surface area contributed by atoms with E-state index in [2.05, 4.69) is 38.9 Å². The summed E-state index contributed by atoms with van der Waals surface area (Å²) in [6.45, 7) is 4.12. The molecule has 1 aromatic heterocycles. The summed E-state index contributed by atoms with van der Waals surface area (Å²) in [4.78, 5) is 7.06. The van der Waals surface area contributed by atoms with E-state index < -0.39 is 0 Å². The molecule has 1 fully saturated rings. The molecule has 3 rings (SSSR count). The SMILES string of the molecule is COc1ccc(CCN2CCNCC2c2nccn2C)cc1. The Balaban J connectivity index is 1.65. The van der Waals surface area contributed by atoms with Crippen LogP contribution in [0, 0.1) is 0 Å². The number of benzene rings is 1. The molecule has 0 amide bonds. The maximum absolute atomic E-state index is 5.21. The van der Waals surface area contributed by atoms with Gasteiger partial charge in [-0.15, -0.1) is 0 Å². The third-order valence-electron chi connectivity index (χ3n) is 4.36. The number of nitrogens with one attached hydrogen (secondary N) is 1. The number of aromatic nitrogens is 2. The van der Waals surface area contributed by atoms with Gasteiger partial charge in [-0.05, 0) is 24.1 Å². The van der Waals surface area contributed by atoms with E-state index >= 15 is 0 Å². The Labute approximate surface area is 131 Å². The second-order valence-electron chi connectivity index (χ2n) is 5.75. The van der Waals surface area contributed by atoms with Crippen LogP contribution in [0.1, 0.15) is 17.4 Å². The van der Waals surface area contributed by atoms with E-state index in [-0.39, 0.29) is 0 Å². The Hall–Kier alpha value is -1.85. The molecule has 1 N–H and O–H groups in total.